The van der Waals surface area contributed by atoms with Crippen LogP contribution < -0.4 is 20.1 Å². The highest BCUT2D eigenvalue weighted by Crippen LogP contribution is 2.16. The molecular formula is C22H28IN5O2. The molecule has 0 unspecified atom stereocenters. The highest BCUT2D eigenvalue weighted by Gasteiger charge is 2.02. The van der Waals surface area contributed by atoms with E-state index in [2.05, 4.69) is 26.9 Å². The van der Waals surface area contributed by atoms with E-state index in [1.54, 1.807) is 14.2 Å². The molecule has 1 aromatic heterocycles. The summed E-state index contributed by atoms with van der Waals surface area (Å²) in [6, 6.07) is 17.6. The molecule has 0 fully saturated rings. The quantitative estimate of drug-likeness (QED) is 0.196. The molecule has 30 heavy (non-hydrogen) atoms. The smallest absolute Gasteiger partial charge is 0.191 e. The van der Waals surface area contributed by atoms with E-state index < -0.39 is 0 Å². The molecule has 3 aromatic rings. The van der Waals surface area contributed by atoms with Crippen molar-refractivity contribution in [2.24, 2.45) is 4.99 Å². The van der Waals surface area contributed by atoms with E-state index in [0.717, 1.165) is 36.1 Å². The van der Waals surface area contributed by atoms with Crippen LogP contribution in [0.5, 0.6) is 11.5 Å². The van der Waals surface area contributed by atoms with E-state index in [9.17, 15) is 0 Å². The number of hydrogen-bond donors (Lipinski definition) is 2. The van der Waals surface area contributed by atoms with Crippen LogP contribution in [0.3, 0.4) is 0 Å². The molecule has 160 valence electrons. The van der Waals surface area contributed by atoms with Gasteiger partial charge < -0.3 is 20.1 Å². The summed E-state index contributed by atoms with van der Waals surface area (Å²) in [4.78, 5) is 4.24. The summed E-state index contributed by atoms with van der Waals surface area (Å²) in [6.45, 7) is 1.95. The fraction of sp³-hybridized carbons (Fsp3) is 0.273. The van der Waals surface area contributed by atoms with Crippen molar-refractivity contribution in [2.75, 3.05) is 33.9 Å². The largest absolute Gasteiger partial charge is 0.497 e. The monoisotopic (exact) mass is 521 g/mol. The van der Waals surface area contributed by atoms with E-state index in [1.165, 1.54) is 5.56 Å². The lowest BCUT2D eigenvalue weighted by Gasteiger charge is -2.12. The zero-order chi connectivity index (χ0) is 20.3. The lowest BCUT2D eigenvalue weighted by molar-refractivity contribution is 0.321. The fourth-order valence-corrected chi connectivity index (χ4v) is 2.77. The molecule has 0 spiro atoms. The molecule has 0 amide bonds. The Morgan fingerprint density at radius 1 is 1.00 bits per heavy atom. The molecule has 2 aromatic carbocycles. The van der Waals surface area contributed by atoms with Gasteiger partial charge in [-0.3, -0.25) is 4.99 Å². The van der Waals surface area contributed by atoms with Gasteiger partial charge in [0.2, 0.25) is 0 Å². The third-order valence-electron chi connectivity index (χ3n) is 4.31. The Bertz CT molecular complexity index is 897. The van der Waals surface area contributed by atoms with Crippen LogP contribution in [0.1, 0.15) is 5.56 Å². The maximum atomic E-state index is 5.71. The summed E-state index contributed by atoms with van der Waals surface area (Å²) in [7, 11) is 3.40. The third-order valence-corrected chi connectivity index (χ3v) is 4.31. The van der Waals surface area contributed by atoms with Gasteiger partial charge >= 0.3 is 0 Å². The van der Waals surface area contributed by atoms with Gasteiger partial charge in [-0.05, 0) is 48.4 Å². The maximum Gasteiger partial charge on any atom is 0.191 e. The number of halogens is 1. The second kappa shape index (κ2) is 12.7. The summed E-state index contributed by atoms with van der Waals surface area (Å²) >= 11 is 0. The number of guanidine groups is 1. The first kappa shape index (κ1) is 23.5. The highest BCUT2D eigenvalue weighted by atomic mass is 127. The summed E-state index contributed by atoms with van der Waals surface area (Å²) in [5, 5.41) is 11.0. The highest BCUT2D eigenvalue weighted by molar-refractivity contribution is 14.0. The van der Waals surface area contributed by atoms with Gasteiger partial charge in [0.15, 0.2) is 5.96 Å². The Morgan fingerprint density at radius 2 is 1.70 bits per heavy atom. The molecule has 8 heteroatoms. The van der Waals surface area contributed by atoms with Crippen LogP contribution in [0.4, 0.5) is 0 Å². The van der Waals surface area contributed by atoms with Gasteiger partial charge in [0.25, 0.3) is 0 Å². The van der Waals surface area contributed by atoms with Gasteiger partial charge in [-0.25, -0.2) is 4.68 Å². The minimum absolute atomic E-state index is 0. The van der Waals surface area contributed by atoms with E-state index in [1.807, 2.05) is 65.5 Å². The molecule has 0 aliphatic carbocycles. The summed E-state index contributed by atoms with van der Waals surface area (Å²) in [6.07, 6.45) is 4.80. The van der Waals surface area contributed by atoms with Crippen LogP contribution in [-0.4, -0.2) is 49.6 Å². The van der Waals surface area contributed by atoms with Crippen molar-refractivity contribution >= 4 is 29.9 Å². The number of ether oxygens (including phenoxy) is 2. The van der Waals surface area contributed by atoms with Crippen molar-refractivity contribution in [3.8, 4) is 17.2 Å². The minimum Gasteiger partial charge on any atom is -0.497 e. The van der Waals surface area contributed by atoms with E-state index >= 15 is 0 Å². The lowest BCUT2D eigenvalue weighted by atomic mass is 10.2. The topological polar surface area (TPSA) is 72.7 Å². The first-order valence-electron chi connectivity index (χ1n) is 9.59. The number of aliphatic imine (C=N–C) groups is 1. The molecule has 0 saturated carbocycles. The lowest BCUT2D eigenvalue weighted by Crippen LogP contribution is -2.40. The summed E-state index contributed by atoms with van der Waals surface area (Å²) in [5.41, 5.74) is 2.22. The molecule has 3 rings (SSSR count). The van der Waals surface area contributed by atoms with Crippen LogP contribution in [0.2, 0.25) is 0 Å². The van der Waals surface area contributed by atoms with E-state index in [-0.39, 0.29) is 24.0 Å². The number of para-hydroxylation sites is 1. The third kappa shape index (κ3) is 7.25. The maximum absolute atomic E-state index is 5.71. The van der Waals surface area contributed by atoms with Gasteiger partial charge in [0.1, 0.15) is 18.1 Å². The SMILES string of the molecule is CN=C(NCCOc1ccc(OC)cc1)NCCc1cnn(-c2ccccc2)c1.I. The Hall–Kier alpha value is -2.75. The first-order valence-corrected chi connectivity index (χ1v) is 9.59. The number of hydrogen-bond acceptors (Lipinski definition) is 4. The zero-order valence-electron chi connectivity index (χ0n) is 17.2. The fourth-order valence-electron chi connectivity index (χ4n) is 2.77. The van der Waals surface area contributed by atoms with Crippen molar-refractivity contribution < 1.29 is 9.47 Å². The van der Waals surface area contributed by atoms with Gasteiger partial charge in [0.05, 0.1) is 25.5 Å². The summed E-state index contributed by atoms with van der Waals surface area (Å²) in [5.74, 6) is 2.37. The summed E-state index contributed by atoms with van der Waals surface area (Å²) < 4.78 is 12.7. The van der Waals surface area contributed by atoms with Crippen molar-refractivity contribution in [1.29, 1.82) is 0 Å². The number of rotatable bonds is 9. The van der Waals surface area contributed by atoms with Gasteiger partial charge in [-0.2, -0.15) is 5.10 Å². The number of nitrogens with one attached hydrogen (secondary N) is 2. The van der Waals surface area contributed by atoms with Crippen molar-refractivity contribution in [3.63, 3.8) is 0 Å². The van der Waals surface area contributed by atoms with Crippen LogP contribution in [0.25, 0.3) is 5.69 Å². The molecule has 0 atom stereocenters. The molecule has 7 nitrogen and oxygen atoms in total. The molecule has 0 radical (unpaired) electrons. The number of methoxy groups -OCH3 is 1. The van der Waals surface area contributed by atoms with E-state index in [0.29, 0.717) is 13.2 Å². The van der Waals surface area contributed by atoms with Gasteiger partial charge in [-0.15, -0.1) is 24.0 Å². The van der Waals surface area contributed by atoms with Crippen molar-refractivity contribution in [2.45, 2.75) is 6.42 Å². The van der Waals surface area contributed by atoms with Gasteiger partial charge in [-0.1, -0.05) is 18.2 Å². The first-order chi connectivity index (χ1) is 14.3. The van der Waals surface area contributed by atoms with Crippen molar-refractivity contribution in [3.05, 3.63) is 72.6 Å². The van der Waals surface area contributed by atoms with Crippen molar-refractivity contribution in [1.82, 2.24) is 20.4 Å². The normalized spacial score (nSPS) is 10.8. The van der Waals surface area contributed by atoms with Gasteiger partial charge in [0, 0.05) is 19.8 Å². The zero-order valence-corrected chi connectivity index (χ0v) is 19.6. The van der Waals surface area contributed by atoms with E-state index in [4.69, 9.17) is 9.47 Å². The second-order valence-electron chi connectivity index (χ2n) is 6.33. The molecular weight excluding hydrogens is 493 g/mol. The van der Waals surface area contributed by atoms with Crippen LogP contribution in [0.15, 0.2) is 72.0 Å². The molecule has 0 aliphatic rings. The minimum atomic E-state index is 0. The predicted molar refractivity (Wildman–Crippen MR) is 131 cm³/mol. The number of nitrogens with zero attached hydrogens (tertiary/aromatic N) is 3. The average molecular weight is 521 g/mol. The molecule has 2 N–H and O–H groups in total. The van der Waals surface area contributed by atoms with Crippen LogP contribution in [0, 0.1) is 0 Å². The standard InChI is InChI=1S/C22H27N5O2.HI/c1-23-22(25-14-15-29-21-10-8-20(28-2)9-11-21)24-13-12-18-16-26-27(17-18)19-6-4-3-5-7-19;/h3-11,16-17H,12-15H2,1-2H3,(H2,23,24,25);1H. The predicted octanol–water partition coefficient (Wildman–Crippen LogP) is 3.29. The van der Waals surface area contributed by atoms with Crippen LogP contribution >= 0.6 is 24.0 Å². The molecule has 0 saturated heterocycles. The molecule has 1 heterocycles. The Balaban J connectivity index is 0.00000320. The number of benzene rings is 2. The Kier molecular flexibility index (Phi) is 9.99. The Labute approximate surface area is 194 Å². The second-order valence-corrected chi connectivity index (χ2v) is 6.33. The average Bonchev–Trinajstić information content (AvgIpc) is 3.25. The van der Waals surface area contributed by atoms with Crippen LogP contribution in [-0.2, 0) is 6.42 Å². The molecule has 0 aliphatic heterocycles. The molecule has 0 bridgehead atoms. The Morgan fingerprint density at radius 3 is 2.40 bits per heavy atom. The number of aromatic nitrogens is 2.